The summed E-state index contributed by atoms with van der Waals surface area (Å²) < 4.78 is 3.19. The number of alkyl halides is 1. The molecule has 9 heavy (non-hydrogen) atoms. The van der Waals surface area contributed by atoms with Gasteiger partial charge in [-0.2, -0.15) is 0 Å². The van der Waals surface area contributed by atoms with Crippen molar-refractivity contribution in [2.24, 2.45) is 0 Å². The van der Waals surface area contributed by atoms with Crippen molar-refractivity contribution in [1.29, 1.82) is 0 Å². The normalized spacial score (nSPS) is 11.1. The average molecular weight is 243 g/mol. The van der Waals surface area contributed by atoms with Crippen LogP contribution in [0.25, 0.3) is 0 Å². The van der Waals surface area contributed by atoms with Crippen LogP contribution in [-0.2, 0) is 0 Å². The van der Waals surface area contributed by atoms with Crippen molar-refractivity contribution in [2.75, 3.05) is 18.5 Å². The molecule has 0 aliphatic rings. The molecule has 0 fully saturated rings. The first-order chi connectivity index (χ1) is 4.27. The summed E-state index contributed by atoms with van der Waals surface area (Å²) in [6.07, 6.45) is 4.27. The fraction of sp³-hybridized carbons (Fsp3) is 1.00. The molecular weight excluding hydrogens is 225 g/mol. The minimum atomic E-state index is 0.469. The Hall–Kier alpha value is 0.690. The Labute approximate surface area is 69.4 Å². The van der Waals surface area contributed by atoms with Gasteiger partial charge in [-0.25, -0.2) is 0 Å². The van der Waals surface area contributed by atoms with Crippen LogP contribution in [0.3, 0.4) is 0 Å². The first kappa shape index (κ1) is 9.69. The molecule has 0 amide bonds. The fourth-order valence-electron chi connectivity index (χ4n) is 0.600. The SMILES string of the molecule is CCCCC[I-][NH+](C)C. The molecule has 0 unspecified atom stereocenters. The molecule has 0 aromatic heterocycles. The molecule has 0 spiro atoms. The molecular formula is C7H18IN. The quantitative estimate of drug-likeness (QED) is 0.232. The van der Waals surface area contributed by atoms with Crippen molar-refractivity contribution in [3.05, 3.63) is 0 Å². The zero-order chi connectivity index (χ0) is 7.11. The van der Waals surface area contributed by atoms with E-state index in [-0.39, 0.29) is 0 Å². The molecule has 0 rings (SSSR count). The van der Waals surface area contributed by atoms with Gasteiger partial charge in [0.25, 0.3) is 0 Å². The van der Waals surface area contributed by atoms with Crippen molar-refractivity contribution in [3.8, 4) is 0 Å². The molecule has 0 aliphatic heterocycles. The monoisotopic (exact) mass is 243 g/mol. The number of halogens is 1. The van der Waals surface area contributed by atoms with Gasteiger partial charge in [0.1, 0.15) is 0 Å². The topological polar surface area (TPSA) is 4.44 Å². The summed E-state index contributed by atoms with van der Waals surface area (Å²) in [7, 11) is 4.53. The second kappa shape index (κ2) is 6.81. The van der Waals surface area contributed by atoms with Gasteiger partial charge in [-0.15, -0.1) is 0 Å². The van der Waals surface area contributed by atoms with E-state index < -0.39 is 0 Å². The summed E-state index contributed by atoms with van der Waals surface area (Å²) in [5.41, 5.74) is 0. The Kier molecular flexibility index (Phi) is 7.33. The average Bonchev–Trinajstić information content (AvgIpc) is 1.80. The van der Waals surface area contributed by atoms with Gasteiger partial charge in [0.2, 0.25) is 0 Å². The standard InChI is InChI=1S/C7H18IN/c1-4-5-6-7-8-9(2)3/h9H,4-7H2,1-3H3. The summed E-state index contributed by atoms with van der Waals surface area (Å²) in [6.45, 7) is 2.26. The van der Waals surface area contributed by atoms with Gasteiger partial charge < -0.3 is 0 Å². The molecule has 0 bridgehead atoms. The Morgan fingerprint density at radius 3 is 2.33 bits per heavy atom. The van der Waals surface area contributed by atoms with Gasteiger partial charge in [0.15, 0.2) is 0 Å². The summed E-state index contributed by atoms with van der Waals surface area (Å²) in [5.74, 6) is 0. The first-order valence-corrected chi connectivity index (χ1v) is 6.27. The molecule has 0 saturated carbocycles. The molecule has 1 nitrogen and oxygen atoms in total. The molecule has 58 valence electrons. The van der Waals surface area contributed by atoms with Gasteiger partial charge in [0.05, 0.1) is 0 Å². The van der Waals surface area contributed by atoms with E-state index in [9.17, 15) is 0 Å². The molecule has 0 aromatic carbocycles. The van der Waals surface area contributed by atoms with Crippen molar-refractivity contribution < 1.29 is 24.6 Å². The van der Waals surface area contributed by atoms with Gasteiger partial charge in [-0.05, 0) is 0 Å². The van der Waals surface area contributed by atoms with E-state index in [0.29, 0.717) is 21.5 Å². The Balaban J connectivity index is 2.75. The summed E-state index contributed by atoms with van der Waals surface area (Å²) in [6, 6.07) is 0. The predicted molar refractivity (Wildman–Crippen MR) is 37.2 cm³/mol. The molecule has 1 N–H and O–H groups in total. The Morgan fingerprint density at radius 2 is 1.89 bits per heavy atom. The van der Waals surface area contributed by atoms with Crippen LogP contribution in [0.2, 0.25) is 0 Å². The second-order valence-electron chi connectivity index (χ2n) is 2.41. The van der Waals surface area contributed by atoms with Crippen LogP contribution in [-0.4, -0.2) is 18.5 Å². The number of rotatable bonds is 5. The Bertz CT molecular complexity index is 54.9. The van der Waals surface area contributed by atoms with E-state index in [2.05, 4.69) is 21.0 Å². The van der Waals surface area contributed by atoms with Crippen LogP contribution in [0.4, 0.5) is 0 Å². The number of quaternary nitrogens is 1. The van der Waals surface area contributed by atoms with Gasteiger partial charge in [-0.3, -0.25) is 0 Å². The third-order valence-corrected chi connectivity index (χ3v) is 3.93. The van der Waals surface area contributed by atoms with Crippen molar-refractivity contribution in [1.82, 2.24) is 0 Å². The van der Waals surface area contributed by atoms with E-state index in [1.165, 1.54) is 23.7 Å². The number of nitrogens with one attached hydrogen (secondary N) is 1. The summed E-state index contributed by atoms with van der Waals surface area (Å²) in [4.78, 5) is 0. The van der Waals surface area contributed by atoms with Crippen LogP contribution in [0.15, 0.2) is 0 Å². The van der Waals surface area contributed by atoms with Crippen LogP contribution in [0.5, 0.6) is 0 Å². The van der Waals surface area contributed by atoms with E-state index in [1.54, 1.807) is 3.11 Å². The van der Waals surface area contributed by atoms with Crippen LogP contribution < -0.4 is 24.6 Å². The maximum atomic E-state index is 2.26. The number of hydrogen-bond acceptors (Lipinski definition) is 0. The van der Waals surface area contributed by atoms with Gasteiger partial charge in [-0.1, -0.05) is 0 Å². The van der Waals surface area contributed by atoms with Crippen LogP contribution >= 0.6 is 0 Å². The molecule has 0 aromatic rings. The predicted octanol–water partition coefficient (Wildman–Crippen LogP) is -2.67. The second-order valence-corrected chi connectivity index (χ2v) is 6.41. The molecule has 0 aliphatic carbocycles. The summed E-state index contributed by atoms with van der Waals surface area (Å²) >= 11 is 0.469. The zero-order valence-corrected chi connectivity index (χ0v) is 8.86. The third-order valence-electron chi connectivity index (χ3n) is 1.10. The van der Waals surface area contributed by atoms with Crippen molar-refractivity contribution in [2.45, 2.75) is 26.2 Å². The Morgan fingerprint density at radius 1 is 1.22 bits per heavy atom. The molecule has 0 heterocycles. The van der Waals surface area contributed by atoms with E-state index in [4.69, 9.17) is 0 Å². The van der Waals surface area contributed by atoms with Crippen LogP contribution in [0, 0.1) is 0 Å². The van der Waals surface area contributed by atoms with Gasteiger partial charge in [0, 0.05) is 0 Å². The first-order valence-electron chi connectivity index (χ1n) is 3.66. The number of unbranched alkanes of at least 4 members (excludes halogenated alkanes) is 2. The molecule has 0 radical (unpaired) electrons. The van der Waals surface area contributed by atoms with E-state index >= 15 is 0 Å². The van der Waals surface area contributed by atoms with E-state index in [1.807, 2.05) is 0 Å². The third kappa shape index (κ3) is 8.69. The van der Waals surface area contributed by atoms with E-state index in [0.717, 1.165) is 0 Å². The fourth-order valence-corrected chi connectivity index (χ4v) is 2.60. The van der Waals surface area contributed by atoms with Crippen molar-refractivity contribution in [3.63, 3.8) is 0 Å². The molecule has 0 saturated heterocycles. The summed E-state index contributed by atoms with van der Waals surface area (Å²) in [5, 5.41) is 0. The van der Waals surface area contributed by atoms with Crippen molar-refractivity contribution >= 4 is 0 Å². The number of hydrogen-bond donors (Lipinski definition) is 1. The molecule has 0 atom stereocenters. The van der Waals surface area contributed by atoms with Crippen LogP contribution in [0.1, 0.15) is 26.2 Å². The zero-order valence-electron chi connectivity index (χ0n) is 6.71. The molecule has 2 heteroatoms. The minimum absolute atomic E-state index is 0.469. The van der Waals surface area contributed by atoms with Gasteiger partial charge >= 0.3 is 69.3 Å². The maximum absolute atomic E-state index is 2.26.